The van der Waals surface area contributed by atoms with Gasteiger partial charge in [-0.2, -0.15) is 0 Å². The van der Waals surface area contributed by atoms with E-state index >= 15 is 0 Å². The first-order valence-electron chi connectivity index (χ1n) is 5.98. The normalized spacial score (nSPS) is 31.5. The zero-order valence-corrected chi connectivity index (χ0v) is 9.73. The molecule has 1 saturated carbocycles. The minimum Gasteiger partial charge on any atom is -0.489 e. The highest BCUT2D eigenvalue weighted by Gasteiger charge is 2.51. The highest BCUT2D eigenvalue weighted by Crippen LogP contribution is 2.44. The van der Waals surface area contributed by atoms with Crippen molar-refractivity contribution in [1.82, 2.24) is 0 Å². The summed E-state index contributed by atoms with van der Waals surface area (Å²) in [6.45, 7) is 1.86. The van der Waals surface area contributed by atoms with E-state index in [9.17, 15) is 9.59 Å². The van der Waals surface area contributed by atoms with Crippen molar-refractivity contribution < 1.29 is 14.3 Å². The summed E-state index contributed by atoms with van der Waals surface area (Å²) >= 11 is 0. The number of ketones is 2. The summed E-state index contributed by atoms with van der Waals surface area (Å²) in [7, 11) is 0. The molecule has 2 atom stereocenters. The van der Waals surface area contributed by atoms with Crippen LogP contribution >= 0.6 is 0 Å². The van der Waals surface area contributed by atoms with Gasteiger partial charge in [0.2, 0.25) is 11.6 Å². The molecule has 1 aliphatic heterocycles. The first-order chi connectivity index (χ1) is 8.13. The summed E-state index contributed by atoms with van der Waals surface area (Å²) in [5.74, 6) is -0.126. The number of ether oxygens (including phenoxy) is 1. The third kappa shape index (κ3) is 1.35. The van der Waals surface area contributed by atoms with Crippen LogP contribution in [-0.4, -0.2) is 17.7 Å². The number of rotatable bonds is 0. The van der Waals surface area contributed by atoms with Crippen molar-refractivity contribution in [2.75, 3.05) is 0 Å². The van der Waals surface area contributed by atoms with E-state index in [-0.39, 0.29) is 11.9 Å². The minimum absolute atomic E-state index is 0.150. The van der Waals surface area contributed by atoms with Crippen molar-refractivity contribution in [3.05, 3.63) is 29.8 Å². The Bertz CT molecular complexity index is 506. The van der Waals surface area contributed by atoms with E-state index in [1.54, 1.807) is 18.2 Å². The molecule has 0 amide bonds. The molecule has 3 rings (SSSR count). The highest BCUT2D eigenvalue weighted by molar-refractivity contribution is 6.46. The van der Waals surface area contributed by atoms with Crippen LogP contribution in [-0.2, 0) is 4.79 Å². The molecule has 0 saturated heterocycles. The Labute approximate surface area is 99.8 Å². The van der Waals surface area contributed by atoms with E-state index in [0.29, 0.717) is 11.3 Å². The van der Waals surface area contributed by atoms with Gasteiger partial charge in [0.25, 0.3) is 0 Å². The Morgan fingerprint density at radius 3 is 2.88 bits per heavy atom. The number of Topliss-reactive ketones (excluding diaryl/α,β-unsaturated/α-hetero) is 2. The number of hydrogen-bond donors (Lipinski definition) is 0. The third-order valence-corrected chi connectivity index (χ3v) is 4.00. The first kappa shape index (κ1) is 10.5. The Kier molecular flexibility index (Phi) is 2.12. The van der Waals surface area contributed by atoms with E-state index < -0.39 is 11.2 Å². The molecule has 3 heteroatoms. The average molecular weight is 230 g/mol. The molecule has 0 N–H and O–H groups in total. The number of carbonyl (C=O) groups excluding carboxylic acids is 2. The highest BCUT2D eigenvalue weighted by atomic mass is 16.5. The van der Waals surface area contributed by atoms with Gasteiger partial charge in [0, 0.05) is 0 Å². The van der Waals surface area contributed by atoms with E-state index in [0.717, 1.165) is 19.3 Å². The third-order valence-electron chi connectivity index (χ3n) is 4.00. The second-order valence-corrected chi connectivity index (χ2v) is 5.07. The number of carbonyl (C=O) groups is 2. The fourth-order valence-corrected chi connectivity index (χ4v) is 2.87. The predicted octanol–water partition coefficient (Wildman–Crippen LogP) is 2.39. The molecular weight excluding hydrogens is 216 g/mol. The van der Waals surface area contributed by atoms with Gasteiger partial charge in [-0.3, -0.25) is 9.59 Å². The van der Waals surface area contributed by atoms with Gasteiger partial charge in [-0.05, 0) is 38.3 Å². The number of benzene rings is 1. The molecule has 1 aromatic carbocycles. The van der Waals surface area contributed by atoms with Crippen LogP contribution in [0.5, 0.6) is 5.75 Å². The summed E-state index contributed by atoms with van der Waals surface area (Å²) < 4.78 is 5.88. The molecular formula is C14H14O3. The predicted molar refractivity (Wildman–Crippen MR) is 62.2 cm³/mol. The second-order valence-electron chi connectivity index (χ2n) is 5.07. The lowest BCUT2D eigenvalue weighted by Gasteiger charge is -2.26. The summed E-state index contributed by atoms with van der Waals surface area (Å²) in [5, 5.41) is 0. The largest absolute Gasteiger partial charge is 0.489 e. The molecule has 1 aliphatic carbocycles. The lowest BCUT2D eigenvalue weighted by Crippen LogP contribution is -2.40. The van der Waals surface area contributed by atoms with Gasteiger partial charge < -0.3 is 4.74 Å². The zero-order chi connectivity index (χ0) is 12.0. The molecule has 17 heavy (non-hydrogen) atoms. The van der Waals surface area contributed by atoms with Gasteiger partial charge in [-0.15, -0.1) is 0 Å². The summed E-state index contributed by atoms with van der Waals surface area (Å²) in [4.78, 5) is 24.4. The van der Waals surface area contributed by atoms with Crippen molar-refractivity contribution >= 4 is 11.6 Å². The van der Waals surface area contributed by atoms with Gasteiger partial charge in [-0.1, -0.05) is 12.1 Å². The molecule has 3 nitrogen and oxygen atoms in total. The topological polar surface area (TPSA) is 43.4 Å². The molecule has 0 bridgehead atoms. The molecule has 88 valence electrons. The van der Waals surface area contributed by atoms with Crippen LogP contribution in [0.25, 0.3) is 0 Å². The standard InChI is InChI=1S/C14H14O3/c1-14-8-4-7-11(14)17-10-6-3-2-5-9(10)12(15)13(14)16/h2-3,5-6,11H,4,7-8H2,1H3/t11-,14+/m0/s1. The van der Waals surface area contributed by atoms with Crippen molar-refractivity contribution in [3.8, 4) is 5.75 Å². The van der Waals surface area contributed by atoms with E-state index in [1.165, 1.54) is 0 Å². The molecule has 0 unspecified atom stereocenters. The van der Waals surface area contributed by atoms with E-state index in [2.05, 4.69) is 0 Å². The smallest absolute Gasteiger partial charge is 0.233 e. The second kappa shape index (κ2) is 3.42. The molecule has 1 aromatic rings. The molecule has 0 spiro atoms. The fourth-order valence-electron chi connectivity index (χ4n) is 2.87. The molecule has 1 heterocycles. The van der Waals surface area contributed by atoms with E-state index in [4.69, 9.17) is 4.74 Å². The van der Waals surface area contributed by atoms with Crippen molar-refractivity contribution in [2.45, 2.75) is 32.3 Å². The number of fused-ring (bicyclic) bond motifs is 2. The first-order valence-corrected chi connectivity index (χ1v) is 5.98. The zero-order valence-electron chi connectivity index (χ0n) is 9.73. The van der Waals surface area contributed by atoms with Gasteiger partial charge in [0.1, 0.15) is 11.9 Å². The van der Waals surface area contributed by atoms with E-state index in [1.807, 2.05) is 13.0 Å². The van der Waals surface area contributed by atoms with Gasteiger partial charge in [0.05, 0.1) is 11.0 Å². The summed E-state index contributed by atoms with van der Waals surface area (Å²) in [6.07, 6.45) is 2.39. The summed E-state index contributed by atoms with van der Waals surface area (Å²) in [6, 6.07) is 7.02. The van der Waals surface area contributed by atoms with Crippen LogP contribution in [0, 0.1) is 5.41 Å². The van der Waals surface area contributed by atoms with Gasteiger partial charge >= 0.3 is 0 Å². The SMILES string of the molecule is C[C@@]12CCC[C@@H]1Oc1ccccc1C(=O)C2=O. The van der Waals surface area contributed by atoms with Crippen LogP contribution < -0.4 is 4.74 Å². The summed E-state index contributed by atoms with van der Waals surface area (Å²) in [5.41, 5.74) is -0.219. The molecule has 0 radical (unpaired) electrons. The molecule has 0 aromatic heterocycles. The lowest BCUT2D eigenvalue weighted by molar-refractivity contribution is -0.126. The lowest BCUT2D eigenvalue weighted by atomic mass is 9.79. The van der Waals surface area contributed by atoms with Crippen LogP contribution in [0.2, 0.25) is 0 Å². The maximum atomic E-state index is 12.3. The van der Waals surface area contributed by atoms with Gasteiger partial charge in [-0.25, -0.2) is 0 Å². The maximum absolute atomic E-state index is 12.3. The Morgan fingerprint density at radius 2 is 2.06 bits per heavy atom. The van der Waals surface area contributed by atoms with Crippen LogP contribution in [0.15, 0.2) is 24.3 Å². The Hall–Kier alpha value is -1.64. The molecule has 1 fully saturated rings. The number of para-hydroxylation sites is 1. The van der Waals surface area contributed by atoms with Crippen molar-refractivity contribution in [1.29, 1.82) is 0 Å². The quantitative estimate of drug-likeness (QED) is 0.643. The average Bonchev–Trinajstić information content (AvgIpc) is 2.68. The van der Waals surface area contributed by atoms with Crippen LogP contribution in [0.4, 0.5) is 0 Å². The maximum Gasteiger partial charge on any atom is 0.233 e. The van der Waals surface area contributed by atoms with Crippen LogP contribution in [0.1, 0.15) is 36.5 Å². The van der Waals surface area contributed by atoms with Gasteiger partial charge in [0.15, 0.2) is 0 Å². The molecule has 2 aliphatic rings. The minimum atomic E-state index is -0.629. The van der Waals surface area contributed by atoms with Crippen molar-refractivity contribution in [3.63, 3.8) is 0 Å². The van der Waals surface area contributed by atoms with Crippen molar-refractivity contribution in [2.24, 2.45) is 5.41 Å². The monoisotopic (exact) mass is 230 g/mol. The number of hydrogen-bond acceptors (Lipinski definition) is 3. The van der Waals surface area contributed by atoms with Crippen LogP contribution in [0.3, 0.4) is 0 Å². The Balaban J connectivity index is 2.16. The Morgan fingerprint density at radius 1 is 1.29 bits per heavy atom. The fraction of sp³-hybridized carbons (Fsp3) is 0.429.